The van der Waals surface area contributed by atoms with E-state index in [9.17, 15) is 19.2 Å². The van der Waals surface area contributed by atoms with Gasteiger partial charge in [0.1, 0.15) is 0 Å². The zero-order chi connectivity index (χ0) is 27.6. The molecular formula is C30H42N4O4. The fourth-order valence-electron chi connectivity index (χ4n) is 3.89. The molecule has 4 N–H and O–H groups in total. The van der Waals surface area contributed by atoms with E-state index in [1.807, 2.05) is 0 Å². The zero-order valence-electron chi connectivity index (χ0n) is 22.7. The van der Waals surface area contributed by atoms with Crippen LogP contribution in [0.5, 0.6) is 0 Å². The van der Waals surface area contributed by atoms with Crippen molar-refractivity contribution in [3.63, 3.8) is 0 Å². The monoisotopic (exact) mass is 522 g/mol. The molecule has 8 heteroatoms. The van der Waals surface area contributed by atoms with Crippen molar-refractivity contribution in [1.82, 2.24) is 0 Å². The first-order chi connectivity index (χ1) is 18.4. The van der Waals surface area contributed by atoms with Crippen molar-refractivity contribution in [2.24, 2.45) is 0 Å². The molecule has 0 aliphatic carbocycles. The first-order valence-electron chi connectivity index (χ1n) is 13.8. The van der Waals surface area contributed by atoms with Gasteiger partial charge in [0.05, 0.1) is 0 Å². The Hall–Kier alpha value is -3.68. The SMILES string of the molecule is CCCCCC(=O)Nc1cccc(NC(=O)CCCCC(=O)Nc2cccc(NC(=O)CCCCC)c2)c1. The zero-order valence-corrected chi connectivity index (χ0v) is 22.7. The third-order valence-corrected chi connectivity index (χ3v) is 5.93. The van der Waals surface area contributed by atoms with Crippen LogP contribution in [0.25, 0.3) is 0 Å². The molecule has 0 spiro atoms. The second-order valence-corrected chi connectivity index (χ2v) is 9.48. The second-order valence-electron chi connectivity index (χ2n) is 9.48. The molecule has 8 nitrogen and oxygen atoms in total. The maximum atomic E-state index is 12.3. The van der Waals surface area contributed by atoms with Gasteiger partial charge in [-0.25, -0.2) is 0 Å². The van der Waals surface area contributed by atoms with Gasteiger partial charge in [0.2, 0.25) is 23.6 Å². The van der Waals surface area contributed by atoms with Gasteiger partial charge in [-0.1, -0.05) is 51.7 Å². The summed E-state index contributed by atoms with van der Waals surface area (Å²) in [5.74, 6) is -0.336. The molecular weight excluding hydrogens is 480 g/mol. The number of benzene rings is 2. The van der Waals surface area contributed by atoms with Crippen molar-refractivity contribution in [3.8, 4) is 0 Å². The first-order valence-corrected chi connectivity index (χ1v) is 13.8. The van der Waals surface area contributed by atoms with Crippen LogP contribution in [0.15, 0.2) is 48.5 Å². The van der Waals surface area contributed by atoms with Crippen LogP contribution in [-0.2, 0) is 19.2 Å². The number of carbonyl (C=O) groups is 4. The molecule has 0 aliphatic rings. The lowest BCUT2D eigenvalue weighted by molar-refractivity contribution is -0.118. The van der Waals surface area contributed by atoms with Crippen molar-refractivity contribution in [2.75, 3.05) is 21.3 Å². The van der Waals surface area contributed by atoms with Gasteiger partial charge in [-0.05, 0) is 62.1 Å². The molecule has 2 rings (SSSR count). The molecule has 0 heterocycles. The summed E-state index contributed by atoms with van der Waals surface area (Å²) in [6, 6.07) is 14.2. The molecule has 0 unspecified atom stereocenters. The molecule has 38 heavy (non-hydrogen) atoms. The number of carbonyl (C=O) groups excluding carboxylic acids is 4. The lowest BCUT2D eigenvalue weighted by atomic mass is 10.1. The Morgan fingerprint density at radius 3 is 1.00 bits per heavy atom. The van der Waals surface area contributed by atoms with Gasteiger partial charge < -0.3 is 21.3 Å². The van der Waals surface area contributed by atoms with Crippen LogP contribution in [0, 0.1) is 0 Å². The largest absolute Gasteiger partial charge is 0.326 e. The summed E-state index contributed by atoms with van der Waals surface area (Å²) in [7, 11) is 0. The Kier molecular flexibility index (Phi) is 14.2. The number of anilines is 4. The highest BCUT2D eigenvalue weighted by Gasteiger charge is 2.08. The Morgan fingerprint density at radius 2 is 0.737 bits per heavy atom. The van der Waals surface area contributed by atoms with Crippen molar-refractivity contribution in [2.45, 2.75) is 90.9 Å². The maximum absolute atomic E-state index is 12.3. The summed E-state index contributed by atoms with van der Waals surface area (Å²) >= 11 is 0. The minimum absolute atomic E-state index is 0.0286. The van der Waals surface area contributed by atoms with Crippen LogP contribution >= 0.6 is 0 Å². The van der Waals surface area contributed by atoms with E-state index in [2.05, 4.69) is 35.1 Å². The van der Waals surface area contributed by atoms with Gasteiger partial charge in [0.25, 0.3) is 0 Å². The van der Waals surface area contributed by atoms with E-state index in [4.69, 9.17) is 0 Å². The molecule has 0 bridgehead atoms. The minimum atomic E-state index is -0.140. The number of nitrogens with one attached hydrogen (secondary N) is 4. The van der Waals surface area contributed by atoms with E-state index in [-0.39, 0.29) is 23.6 Å². The number of unbranched alkanes of at least 4 members (excludes halogenated alkanes) is 5. The van der Waals surface area contributed by atoms with Gasteiger partial charge in [-0.3, -0.25) is 19.2 Å². The van der Waals surface area contributed by atoms with Gasteiger partial charge >= 0.3 is 0 Å². The lowest BCUT2D eigenvalue weighted by Gasteiger charge is -2.10. The number of hydrogen-bond acceptors (Lipinski definition) is 4. The molecule has 206 valence electrons. The fraction of sp³-hybridized carbons (Fsp3) is 0.467. The molecule has 0 fully saturated rings. The van der Waals surface area contributed by atoms with Gasteiger partial charge in [0.15, 0.2) is 0 Å². The summed E-state index contributed by atoms with van der Waals surface area (Å²) in [4.78, 5) is 48.7. The van der Waals surface area contributed by atoms with Gasteiger partial charge in [-0.15, -0.1) is 0 Å². The highest BCUT2D eigenvalue weighted by Crippen LogP contribution is 2.18. The molecule has 2 aromatic rings. The summed E-state index contributed by atoms with van der Waals surface area (Å²) in [5.41, 5.74) is 2.55. The van der Waals surface area contributed by atoms with Crippen molar-refractivity contribution >= 4 is 46.4 Å². The molecule has 0 saturated carbocycles. The average molecular weight is 523 g/mol. The van der Waals surface area contributed by atoms with Crippen molar-refractivity contribution in [1.29, 1.82) is 0 Å². The quantitative estimate of drug-likeness (QED) is 0.170. The molecule has 4 amide bonds. The lowest BCUT2D eigenvalue weighted by Crippen LogP contribution is -2.14. The fourth-order valence-corrected chi connectivity index (χ4v) is 3.89. The molecule has 0 aromatic heterocycles. The second kappa shape index (κ2) is 17.7. The van der Waals surface area contributed by atoms with Crippen LogP contribution in [0.1, 0.15) is 90.9 Å². The van der Waals surface area contributed by atoms with E-state index in [0.29, 0.717) is 61.3 Å². The Morgan fingerprint density at radius 1 is 0.474 bits per heavy atom. The van der Waals surface area contributed by atoms with E-state index in [1.54, 1.807) is 48.5 Å². The van der Waals surface area contributed by atoms with E-state index < -0.39 is 0 Å². The topological polar surface area (TPSA) is 116 Å². The Bertz CT molecular complexity index is 971. The van der Waals surface area contributed by atoms with Crippen LogP contribution in [-0.4, -0.2) is 23.6 Å². The normalized spacial score (nSPS) is 10.5. The predicted molar refractivity (Wildman–Crippen MR) is 154 cm³/mol. The van der Waals surface area contributed by atoms with Gasteiger partial charge in [0, 0.05) is 48.4 Å². The van der Waals surface area contributed by atoms with E-state index in [1.165, 1.54) is 0 Å². The number of rotatable bonds is 17. The first kappa shape index (κ1) is 30.5. The predicted octanol–water partition coefficient (Wildman–Crippen LogP) is 6.86. The molecule has 0 atom stereocenters. The van der Waals surface area contributed by atoms with Crippen LogP contribution < -0.4 is 21.3 Å². The summed E-state index contributed by atoms with van der Waals surface area (Å²) in [5, 5.41) is 11.4. The van der Waals surface area contributed by atoms with Crippen LogP contribution in [0.3, 0.4) is 0 Å². The highest BCUT2D eigenvalue weighted by atomic mass is 16.2. The minimum Gasteiger partial charge on any atom is -0.326 e. The van der Waals surface area contributed by atoms with E-state index >= 15 is 0 Å². The van der Waals surface area contributed by atoms with E-state index in [0.717, 1.165) is 38.5 Å². The van der Waals surface area contributed by atoms with Crippen molar-refractivity contribution in [3.05, 3.63) is 48.5 Å². The maximum Gasteiger partial charge on any atom is 0.224 e. The molecule has 2 aromatic carbocycles. The van der Waals surface area contributed by atoms with Crippen LogP contribution in [0.2, 0.25) is 0 Å². The standard InChI is InChI=1S/C30H42N4O4/c1-3-5-7-17-27(35)31-23-13-11-15-25(21-23)33-29(37)19-9-10-20-30(38)34-26-16-12-14-24(22-26)32-28(36)18-8-6-4-2/h11-16,21-22H,3-10,17-20H2,1-2H3,(H,31,35)(H,32,36)(H,33,37)(H,34,38). The summed E-state index contributed by atoms with van der Waals surface area (Å²) < 4.78 is 0. The number of amides is 4. The highest BCUT2D eigenvalue weighted by molar-refractivity contribution is 5.95. The van der Waals surface area contributed by atoms with Gasteiger partial charge in [-0.2, -0.15) is 0 Å². The summed E-state index contributed by atoms with van der Waals surface area (Å²) in [6.07, 6.45) is 8.60. The molecule has 0 radical (unpaired) electrons. The van der Waals surface area contributed by atoms with Crippen LogP contribution in [0.4, 0.5) is 22.7 Å². The Balaban J connectivity index is 1.68. The molecule has 0 saturated heterocycles. The van der Waals surface area contributed by atoms with Crippen molar-refractivity contribution < 1.29 is 19.2 Å². The molecule has 0 aliphatic heterocycles. The third-order valence-electron chi connectivity index (χ3n) is 5.93. The number of hydrogen-bond donors (Lipinski definition) is 4. The smallest absolute Gasteiger partial charge is 0.224 e. The summed E-state index contributed by atoms with van der Waals surface area (Å²) in [6.45, 7) is 4.19. The third kappa shape index (κ3) is 13.0. The average Bonchev–Trinajstić information content (AvgIpc) is 2.87. The Labute approximate surface area is 226 Å².